The number of carbonyl (C=O) groups excluding carboxylic acids is 2. The first-order valence-electron chi connectivity index (χ1n) is 8.98. The van der Waals surface area contributed by atoms with Gasteiger partial charge in [-0.15, -0.1) is 0 Å². The van der Waals surface area contributed by atoms with Crippen LogP contribution < -0.4 is 10.6 Å². The molecule has 3 rings (SSSR count). The van der Waals surface area contributed by atoms with Gasteiger partial charge in [0.15, 0.2) is 0 Å². The number of carbonyl (C=O) groups is 2. The number of thiophene rings is 1. The Morgan fingerprint density at radius 3 is 2.54 bits per heavy atom. The predicted molar refractivity (Wildman–Crippen MR) is 101 cm³/mol. The second-order valence-corrected chi connectivity index (χ2v) is 7.44. The Balaban J connectivity index is 1.55. The molecule has 1 aromatic heterocycles. The molecule has 0 unspecified atom stereocenters. The molecule has 0 saturated heterocycles. The predicted octanol–water partition coefficient (Wildman–Crippen LogP) is 4.05. The van der Waals surface area contributed by atoms with Crippen molar-refractivity contribution in [3.05, 3.63) is 58.0 Å². The van der Waals surface area contributed by atoms with Crippen molar-refractivity contribution in [2.45, 2.75) is 38.1 Å². The molecule has 0 spiro atoms. The van der Waals surface area contributed by atoms with Crippen LogP contribution in [-0.2, 0) is 4.79 Å². The molecule has 4 nitrogen and oxygen atoms in total. The highest BCUT2D eigenvalue weighted by Gasteiger charge is 2.27. The van der Waals surface area contributed by atoms with E-state index in [1.807, 2.05) is 5.38 Å². The van der Waals surface area contributed by atoms with Crippen LogP contribution in [0, 0.1) is 11.7 Å². The fourth-order valence-corrected chi connectivity index (χ4v) is 4.10. The van der Waals surface area contributed by atoms with Gasteiger partial charge in [-0.3, -0.25) is 9.59 Å². The largest absolute Gasteiger partial charge is 0.351 e. The molecule has 1 heterocycles. The van der Waals surface area contributed by atoms with Crippen molar-refractivity contribution < 1.29 is 14.0 Å². The number of rotatable bonds is 7. The van der Waals surface area contributed by atoms with Crippen molar-refractivity contribution in [1.29, 1.82) is 0 Å². The molecular formula is C20H23FN2O2S. The van der Waals surface area contributed by atoms with Gasteiger partial charge in [0.05, 0.1) is 6.04 Å². The van der Waals surface area contributed by atoms with Gasteiger partial charge in [-0.05, 0) is 47.9 Å². The maximum atomic E-state index is 13.2. The summed E-state index contributed by atoms with van der Waals surface area (Å²) < 4.78 is 13.2. The van der Waals surface area contributed by atoms with Crippen molar-refractivity contribution in [2.75, 3.05) is 6.54 Å². The number of halogens is 1. The Kier molecular flexibility index (Phi) is 6.39. The highest BCUT2D eigenvalue weighted by molar-refractivity contribution is 7.08. The van der Waals surface area contributed by atoms with Crippen molar-refractivity contribution in [3.63, 3.8) is 0 Å². The maximum Gasteiger partial charge on any atom is 0.252 e. The molecule has 2 aromatic rings. The van der Waals surface area contributed by atoms with Crippen LogP contribution in [0.3, 0.4) is 0 Å². The smallest absolute Gasteiger partial charge is 0.252 e. The number of hydrogen-bond donors (Lipinski definition) is 2. The van der Waals surface area contributed by atoms with E-state index in [-0.39, 0.29) is 30.1 Å². The summed E-state index contributed by atoms with van der Waals surface area (Å²) in [5.41, 5.74) is 1.56. The zero-order valence-corrected chi connectivity index (χ0v) is 15.4. The molecule has 1 atom stereocenters. The minimum Gasteiger partial charge on any atom is -0.351 e. The lowest BCUT2D eigenvalue weighted by atomic mass is 9.91. The highest BCUT2D eigenvalue weighted by atomic mass is 32.1. The molecule has 1 saturated carbocycles. The third kappa shape index (κ3) is 4.91. The van der Waals surface area contributed by atoms with Crippen LogP contribution in [0.15, 0.2) is 41.1 Å². The molecule has 138 valence electrons. The fraction of sp³-hybridized carbons (Fsp3) is 0.400. The Morgan fingerprint density at radius 1 is 1.15 bits per heavy atom. The van der Waals surface area contributed by atoms with Crippen molar-refractivity contribution >= 4 is 23.2 Å². The number of hydrogen-bond acceptors (Lipinski definition) is 3. The molecule has 1 aromatic carbocycles. The van der Waals surface area contributed by atoms with Gasteiger partial charge in [-0.1, -0.05) is 25.0 Å². The van der Waals surface area contributed by atoms with E-state index in [0.29, 0.717) is 18.0 Å². The van der Waals surface area contributed by atoms with E-state index in [4.69, 9.17) is 0 Å². The van der Waals surface area contributed by atoms with E-state index in [1.54, 1.807) is 23.6 Å². The average molecular weight is 374 g/mol. The molecule has 1 aliphatic carbocycles. The SMILES string of the molecule is O=C(CCNC(=O)c1ccsc1)N[C@H](c1ccc(F)cc1)C1CCCC1. The van der Waals surface area contributed by atoms with Gasteiger partial charge in [0.2, 0.25) is 5.91 Å². The molecule has 1 aliphatic rings. The average Bonchev–Trinajstić information content (AvgIpc) is 3.34. The number of amides is 2. The second-order valence-electron chi connectivity index (χ2n) is 6.66. The third-order valence-electron chi connectivity index (χ3n) is 4.84. The van der Waals surface area contributed by atoms with E-state index < -0.39 is 0 Å². The van der Waals surface area contributed by atoms with E-state index in [2.05, 4.69) is 10.6 Å². The van der Waals surface area contributed by atoms with Crippen LogP contribution in [0.25, 0.3) is 0 Å². The third-order valence-corrected chi connectivity index (χ3v) is 5.52. The van der Waals surface area contributed by atoms with Gasteiger partial charge in [0, 0.05) is 23.9 Å². The summed E-state index contributed by atoms with van der Waals surface area (Å²) in [6.45, 7) is 0.293. The minimum atomic E-state index is -0.276. The Morgan fingerprint density at radius 2 is 1.88 bits per heavy atom. The zero-order valence-electron chi connectivity index (χ0n) is 14.5. The quantitative estimate of drug-likeness (QED) is 0.768. The lowest BCUT2D eigenvalue weighted by Crippen LogP contribution is -2.35. The van der Waals surface area contributed by atoms with Gasteiger partial charge >= 0.3 is 0 Å². The summed E-state index contributed by atoms with van der Waals surface area (Å²) in [7, 11) is 0. The molecule has 6 heteroatoms. The first kappa shape index (κ1) is 18.6. The first-order chi connectivity index (χ1) is 12.6. The number of nitrogens with one attached hydrogen (secondary N) is 2. The zero-order chi connectivity index (χ0) is 18.4. The lowest BCUT2D eigenvalue weighted by molar-refractivity contribution is -0.122. The summed E-state index contributed by atoms with van der Waals surface area (Å²) in [6.07, 6.45) is 4.68. The van der Waals surface area contributed by atoms with E-state index in [0.717, 1.165) is 31.2 Å². The Labute approximate surface area is 156 Å². The summed E-state index contributed by atoms with van der Waals surface area (Å²) in [5, 5.41) is 9.48. The normalized spacial score (nSPS) is 15.6. The minimum absolute atomic E-state index is 0.0989. The second kappa shape index (κ2) is 8.94. The summed E-state index contributed by atoms with van der Waals surface area (Å²) in [5.74, 6) is -0.159. The first-order valence-corrected chi connectivity index (χ1v) is 9.93. The molecule has 0 bridgehead atoms. The van der Waals surface area contributed by atoms with E-state index in [9.17, 15) is 14.0 Å². The van der Waals surface area contributed by atoms with Crippen molar-refractivity contribution in [2.24, 2.45) is 5.92 Å². The standard InChI is InChI=1S/C20H23FN2O2S/c21-17-7-5-15(6-8-17)19(14-3-1-2-4-14)23-18(24)9-11-22-20(25)16-10-12-26-13-16/h5-8,10,12-14,19H,1-4,9,11H2,(H,22,25)(H,23,24)/t19-/m0/s1. The molecule has 26 heavy (non-hydrogen) atoms. The topological polar surface area (TPSA) is 58.2 Å². The van der Waals surface area contributed by atoms with Crippen LogP contribution in [0.4, 0.5) is 4.39 Å². The van der Waals surface area contributed by atoms with Gasteiger partial charge < -0.3 is 10.6 Å². The van der Waals surface area contributed by atoms with Gasteiger partial charge in [-0.2, -0.15) is 11.3 Å². The van der Waals surface area contributed by atoms with E-state index >= 15 is 0 Å². The van der Waals surface area contributed by atoms with Crippen LogP contribution in [0.2, 0.25) is 0 Å². The maximum absolute atomic E-state index is 13.2. The molecular weight excluding hydrogens is 351 g/mol. The molecule has 0 aliphatic heterocycles. The molecule has 2 N–H and O–H groups in total. The monoisotopic (exact) mass is 374 g/mol. The number of benzene rings is 1. The Hall–Kier alpha value is -2.21. The van der Waals surface area contributed by atoms with Gasteiger partial charge in [-0.25, -0.2) is 4.39 Å². The van der Waals surface area contributed by atoms with Crippen LogP contribution in [0.5, 0.6) is 0 Å². The van der Waals surface area contributed by atoms with Gasteiger partial charge in [0.25, 0.3) is 5.91 Å². The molecule has 1 fully saturated rings. The van der Waals surface area contributed by atoms with Crippen molar-refractivity contribution in [3.8, 4) is 0 Å². The van der Waals surface area contributed by atoms with Crippen LogP contribution in [-0.4, -0.2) is 18.4 Å². The summed E-state index contributed by atoms with van der Waals surface area (Å²) in [4.78, 5) is 24.3. The van der Waals surface area contributed by atoms with Crippen LogP contribution >= 0.6 is 11.3 Å². The molecule has 0 radical (unpaired) electrons. The van der Waals surface area contributed by atoms with Gasteiger partial charge in [0.1, 0.15) is 5.82 Å². The summed E-state index contributed by atoms with van der Waals surface area (Å²) in [6, 6.07) is 8.02. The molecule has 2 amide bonds. The summed E-state index contributed by atoms with van der Waals surface area (Å²) >= 11 is 1.46. The fourth-order valence-electron chi connectivity index (χ4n) is 3.47. The lowest BCUT2D eigenvalue weighted by Gasteiger charge is -2.25. The highest BCUT2D eigenvalue weighted by Crippen LogP contribution is 2.35. The van der Waals surface area contributed by atoms with E-state index in [1.165, 1.54) is 23.5 Å². The Bertz CT molecular complexity index is 725. The van der Waals surface area contributed by atoms with Crippen LogP contribution in [0.1, 0.15) is 54.1 Å². The van der Waals surface area contributed by atoms with Crippen molar-refractivity contribution in [1.82, 2.24) is 10.6 Å².